The van der Waals surface area contributed by atoms with Crippen LogP contribution in [0, 0.1) is 5.92 Å². The van der Waals surface area contributed by atoms with Gasteiger partial charge in [-0.25, -0.2) is 9.78 Å². The molecule has 1 atom stereocenters. The van der Waals surface area contributed by atoms with E-state index in [9.17, 15) is 15.0 Å². The lowest BCUT2D eigenvalue weighted by Gasteiger charge is -2.18. The minimum absolute atomic E-state index is 0.0496. The minimum atomic E-state index is -0.533. The molecule has 1 aliphatic carbocycles. The Hall–Kier alpha value is -2.87. The van der Waals surface area contributed by atoms with E-state index in [2.05, 4.69) is 5.32 Å². The fraction of sp³-hybridized carbons (Fsp3) is 0.389. The number of carbonyl (C=O) groups is 1. The molecule has 26 heavy (non-hydrogen) atoms. The number of benzene rings is 1. The van der Waals surface area contributed by atoms with Crippen LogP contribution in [0.25, 0.3) is 0 Å². The predicted molar refractivity (Wildman–Crippen MR) is 91.2 cm³/mol. The van der Waals surface area contributed by atoms with Crippen LogP contribution in [0.4, 0.5) is 4.79 Å². The van der Waals surface area contributed by atoms with Gasteiger partial charge in [0.25, 0.3) is 0 Å². The standard InChI is InChI=1S/C18H22N2O6/c21-16-8-9-17(22)20(16)26-25-12-15(10-13-6-7-13)19-18(23)24-11-14-4-2-1-3-5-14/h1-5,8-9,13,15,21-22H,6-7,10-12H2,(H,19,23). The minimum Gasteiger partial charge on any atom is -0.492 e. The van der Waals surface area contributed by atoms with Gasteiger partial charge in [-0.3, -0.25) is 0 Å². The topological polar surface area (TPSA) is 102 Å². The average Bonchev–Trinajstić information content (AvgIpc) is 3.40. The van der Waals surface area contributed by atoms with Gasteiger partial charge in [0.2, 0.25) is 11.8 Å². The molecule has 2 aromatic rings. The van der Waals surface area contributed by atoms with Crippen molar-refractivity contribution in [2.45, 2.75) is 31.9 Å². The molecule has 1 unspecified atom stereocenters. The Morgan fingerprint density at radius 3 is 2.50 bits per heavy atom. The van der Waals surface area contributed by atoms with Crippen LogP contribution in [0.1, 0.15) is 24.8 Å². The van der Waals surface area contributed by atoms with Crippen LogP contribution < -0.4 is 10.3 Å². The van der Waals surface area contributed by atoms with E-state index in [4.69, 9.17) is 14.6 Å². The molecule has 8 heteroatoms. The van der Waals surface area contributed by atoms with Gasteiger partial charge in [-0.05, 0) is 17.9 Å². The molecule has 3 N–H and O–H groups in total. The van der Waals surface area contributed by atoms with Crippen molar-refractivity contribution in [2.75, 3.05) is 6.61 Å². The second-order valence-electron chi connectivity index (χ2n) is 6.29. The number of aromatic nitrogens is 1. The van der Waals surface area contributed by atoms with Crippen molar-refractivity contribution in [3.63, 3.8) is 0 Å². The van der Waals surface area contributed by atoms with Crippen molar-refractivity contribution in [2.24, 2.45) is 5.92 Å². The summed E-state index contributed by atoms with van der Waals surface area (Å²) in [5, 5.41) is 21.7. The molecule has 1 aliphatic rings. The number of ether oxygens (including phenoxy) is 1. The van der Waals surface area contributed by atoms with Crippen molar-refractivity contribution in [1.82, 2.24) is 10.0 Å². The van der Waals surface area contributed by atoms with Crippen LogP contribution in [-0.2, 0) is 16.2 Å². The number of carbonyl (C=O) groups excluding carboxylic acids is 1. The molecule has 0 saturated heterocycles. The Labute approximate surface area is 150 Å². The molecule has 0 radical (unpaired) electrons. The highest BCUT2D eigenvalue weighted by Gasteiger charge is 2.27. The lowest BCUT2D eigenvalue weighted by atomic mass is 10.1. The number of nitrogens with one attached hydrogen (secondary N) is 1. The first-order valence-electron chi connectivity index (χ1n) is 8.48. The third kappa shape index (κ3) is 5.32. The van der Waals surface area contributed by atoms with Crippen LogP contribution in [0.2, 0.25) is 0 Å². The maximum absolute atomic E-state index is 12.0. The monoisotopic (exact) mass is 362 g/mol. The van der Waals surface area contributed by atoms with Gasteiger partial charge in [0.1, 0.15) is 13.2 Å². The maximum Gasteiger partial charge on any atom is 0.407 e. The van der Waals surface area contributed by atoms with Crippen LogP contribution in [-0.4, -0.2) is 33.7 Å². The fourth-order valence-electron chi connectivity index (χ4n) is 2.50. The van der Waals surface area contributed by atoms with Gasteiger partial charge in [0.15, 0.2) is 0 Å². The smallest absolute Gasteiger partial charge is 0.407 e. The first kappa shape index (κ1) is 17.9. The van der Waals surface area contributed by atoms with Gasteiger partial charge >= 0.3 is 6.09 Å². The highest BCUT2D eigenvalue weighted by molar-refractivity contribution is 5.67. The molecule has 0 aliphatic heterocycles. The van der Waals surface area contributed by atoms with Gasteiger partial charge in [-0.2, -0.15) is 4.89 Å². The van der Waals surface area contributed by atoms with Gasteiger partial charge in [-0.1, -0.05) is 47.9 Å². The maximum atomic E-state index is 12.0. The summed E-state index contributed by atoms with van der Waals surface area (Å²) in [7, 11) is 0. The molecule has 140 valence electrons. The molecule has 1 heterocycles. The number of amides is 1. The summed E-state index contributed by atoms with van der Waals surface area (Å²) in [6.45, 7) is 0.235. The first-order chi connectivity index (χ1) is 12.6. The SMILES string of the molecule is O=C(NC(COOn1c(O)ccc1O)CC1CC1)OCc1ccccc1. The van der Waals surface area contributed by atoms with Crippen molar-refractivity contribution < 1.29 is 29.6 Å². The highest BCUT2D eigenvalue weighted by atomic mass is 17.3. The number of aromatic hydroxyl groups is 2. The van der Waals surface area contributed by atoms with E-state index in [-0.39, 0.29) is 31.0 Å². The lowest BCUT2D eigenvalue weighted by molar-refractivity contribution is -0.300. The van der Waals surface area contributed by atoms with Crippen LogP contribution >= 0.6 is 0 Å². The number of hydrogen-bond acceptors (Lipinski definition) is 6. The molecule has 1 saturated carbocycles. The summed E-state index contributed by atoms with van der Waals surface area (Å²) < 4.78 is 5.96. The Balaban J connectivity index is 1.45. The molecular formula is C18H22N2O6. The van der Waals surface area contributed by atoms with Crippen LogP contribution in [0.5, 0.6) is 11.8 Å². The molecule has 0 spiro atoms. The van der Waals surface area contributed by atoms with E-state index in [1.807, 2.05) is 30.3 Å². The van der Waals surface area contributed by atoms with E-state index in [0.29, 0.717) is 5.92 Å². The zero-order valence-corrected chi connectivity index (χ0v) is 14.2. The lowest BCUT2D eigenvalue weighted by Crippen LogP contribution is -2.39. The summed E-state index contributed by atoms with van der Waals surface area (Å²) >= 11 is 0. The van der Waals surface area contributed by atoms with Crippen molar-refractivity contribution >= 4 is 6.09 Å². The first-order valence-corrected chi connectivity index (χ1v) is 8.48. The summed E-state index contributed by atoms with van der Waals surface area (Å²) in [4.78, 5) is 22.0. The Kier molecular flexibility index (Phi) is 5.85. The Morgan fingerprint density at radius 2 is 1.85 bits per heavy atom. The zero-order valence-electron chi connectivity index (χ0n) is 14.2. The second-order valence-corrected chi connectivity index (χ2v) is 6.29. The highest BCUT2D eigenvalue weighted by Crippen LogP contribution is 2.33. The van der Waals surface area contributed by atoms with E-state index < -0.39 is 6.09 Å². The summed E-state index contributed by atoms with van der Waals surface area (Å²) in [5.74, 6) is -0.0423. The molecule has 1 aromatic carbocycles. The van der Waals surface area contributed by atoms with Gasteiger partial charge in [-0.15, -0.1) is 0 Å². The third-order valence-corrected chi connectivity index (χ3v) is 4.04. The van der Waals surface area contributed by atoms with Crippen LogP contribution in [0.3, 0.4) is 0 Å². The van der Waals surface area contributed by atoms with Crippen LogP contribution in [0.15, 0.2) is 42.5 Å². The average molecular weight is 362 g/mol. The number of alkyl carbamates (subject to hydrolysis) is 1. The molecule has 3 rings (SSSR count). The number of hydrogen-bond donors (Lipinski definition) is 3. The summed E-state index contributed by atoms with van der Waals surface area (Å²) in [5.41, 5.74) is 0.902. The second kappa shape index (κ2) is 8.48. The molecule has 0 bridgehead atoms. The van der Waals surface area contributed by atoms with Crippen molar-refractivity contribution in [3.8, 4) is 11.8 Å². The summed E-state index contributed by atoms with van der Waals surface area (Å²) in [6.07, 6.45) is 2.46. The largest absolute Gasteiger partial charge is 0.492 e. The summed E-state index contributed by atoms with van der Waals surface area (Å²) in [6, 6.07) is 11.6. The normalized spacial score (nSPS) is 14.6. The Morgan fingerprint density at radius 1 is 1.15 bits per heavy atom. The van der Waals surface area contributed by atoms with Gasteiger partial charge in [0, 0.05) is 12.1 Å². The molecule has 1 fully saturated rings. The van der Waals surface area contributed by atoms with Gasteiger partial charge in [0.05, 0.1) is 6.04 Å². The molecule has 8 nitrogen and oxygen atoms in total. The predicted octanol–water partition coefficient (Wildman–Crippen LogP) is 2.35. The van der Waals surface area contributed by atoms with Gasteiger partial charge < -0.3 is 20.3 Å². The van der Waals surface area contributed by atoms with E-state index in [0.717, 1.165) is 29.6 Å². The van der Waals surface area contributed by atoms with Crippen molar-refractivity contribution in [3.05, 3.63) is 48.0 Å². The fourth-order valence-corrected chi connectivity index (χ4v) is 2.50. The molecular weight excluding hydrogens is 340 g/mol. The number of rotatable bonds is 9. The molecule has 1 aromatic heterocycles. The quantitative estimate of drug-likeness (QED) is 0.467. The molecule has 1 amide bonds. The number of nitrogens with zero attached hydrogens (tertiary/aromatic N) is 1. The third-order valence-electron chi connectivity index (χ3n) is 4.04. The Bertz CT molecular complexity index is 694. The van der Waals surface area contributed by atoms with E-state index in [1.165, 1.54) is 12.1 Å². The van der Waals surface area contributed by atoms with E-state index >= 15 is 0 Å². The van der Waals surface area contributed by atoms with E-state index in [1.54, 1.807) is 0 Å². The zero-order chi connectivity index (χ0) is 18.4. The van der Waals surface area contributed by atoms with Crippen molar-refractivity contribution in [1.29, 1.82) is 0 Å².